The zero-order valence-electron chi connectivity index (χ0n) is 11.6. The summed E-state index contributed by atoms with van der Waals surface area (Å²) in [5.74, 6) is 5.95. The molecule has 0 saturated heterocycles. The molecule has 0 unspecified atom stereocenters. The van der Waals surface area contributed by atoms with Crippen molar-refractivity contribution in [3.05, 3.63) is 53.6 Å². The number of hydrogen-bond donors (Lipinski definition) is 1. The maximum absolute atomic E-state index is 11.9. The fourth-order valence-electron chi connectivity index (χ4n) is 2.75. The van der Waals surface area contributed by atoms with Crippen LogP contribution in [0.25, 0.3) is 11.1 Å². The number of nitrogens with two attached hydrogens (primary N) is 1. The summed E-state index contributed by atoms with van der Waals surface area (Å²) in [7, 11) is 0. The molecule has 0 bridgehead atoms. The monoisotopic (exact) mass is 266 g/mol. The van der Waals surface area contributed by atoms with Gasteiger partial charge in [0.15, 0.2) is 0 Å². The molecule has 2 aromatic carbocycles. The average Bonchev–Trinajstić information content (AvgIpc) is 2.60. The van der Waals surface area contributed by atoms with E-state index in [1.54, 1.807) is 0 Å². The largest absolute Gasteiger partial charge is 0.273 e. The lowest BCUT2D eigenvalue weighted by Crippen LogP contribution is -2.36. The Kier molecular flexibility index (Phi) is 3.28. The van der Waals surface area contributed by atoms with Gasteiger partial charge in [-0.05, 0) is 48.1 Å². The summed E-state index contributed by atoms with van der Waals surface area (Å²) in [6.45, 7) is 2.09. The summed E-state index contributed by atoms with van der Waals surface area (Å²) in [6.07, 6.45) is 2.29. The van der Waals surface area contributed by atoms with Gasteiger partial charge in [-0.25, -0.2) is 10.9 Å². The Hall–Kier alpha value is -2.13. The molecule has 3 nitrogen and oxygen atoms in total. The number of hydrogen-bond acceptors (Lipinski definition) is 2. The SMILES string of the molecule is Cc1ccccc1-c1ccc2c(c1)N(N)C(=O)CCC2. The van der Waals surface area contributed by atoms with E-state index in [4.69, 9.17) is 5.84 Å². The molecule has 0 aliphatic carbocycles. The highest BCUT2D eigenvalue weighted by Gasteiger charge is 2.20. The second-order valence-electron chi connectivity index (χ2n) is 5.28. The second kappa shape index (κ2) is 5.10. The van der Waals surface area contributed by atoms with E-state index in [1.165, 1.54) is 16.1 Å². The third-order valence-electron chi connectivity index (χ3n) is 3.91. The summed E-state index contributed by atoms with van der Waals surface area (Å²) < 4.78 is 0. The molecule has 0 atom stereocenters. The summed E-state index contributed by atoms with van der Waals surface area (Å²) >= 11 is 0. The van der Waals surface area contributed by atoms with Crippen molar-refractivity contribution in [1.29, 1.82) is 0 Å². The van der Waals surface area contributed by atoms with Crippen LogP contribution in [0.1, 0.15) is 24.0 Å². The zero-order chi connectivity index (χ0) is 14.1. The van der Waals surface area contributed by atoms with E-state index in [-0.39, 0.29) is 5.91 Å². The first-order valence-electron chi connectivity index (χ1n) is 6.93. The predicted octanol–water partition coefficient (Wildman–Crippen LogP) is 3.21. The van der Waals surface area contributed by atoms with Gasteiger partial charge < -0.3 is 0 Å². The number of aryl methyl sites for hydroxylation is 2. The van der Waals surface area contributed by atoms with Crippen molar-refractivity contribution in [3.63, 3.8) is 0 Å². The van der Waals surface area contributed by atoms with Crippen LogP contribution in [0.2, 0.25) is 0 Å². The Labute approximate surface area is 119 Å². The van der Waals surface area contributed by atoms with Crippen LogP contribution >= 0.6 is 0 Å². The quantitative estimate of drug-likeness (QED) is 0.636. The molecule has 0 saturated carbocycles. The maximum atomic E-state index is 11.9. The fourth-order valence-corrected chi connectivity index (χ4v) is 2.75. The van der Waals surface area contributed by atoms with Gasteiger partial charge in [-0.3, -0.25) is 4.79 Å². The molecule has 1 aliphatic heterocycles. The van der Waals surface area contributed by atoms with Gasteiger partial charge in [-0.1, -0.05) is 36.4 Å². The van der Waals surface area contributed by atoms with E-state index in [9.17, 15) is 4.79 Å². The number of carbonyl (C=O) groups is 1. The number of fused-ring (bicyclic) bond motifs is 1. The number of nitrogens with zero attached hydrogens (tertiary/aromatic N) is 1. The molecule has 1 aliphatic rings. The molecular formula is C17H18N2O. The molecule has 102 valence electrons. The summed E-state index contributed by atoms with van der Waals surface area (Å²) in [6, 6.07) is 14.5. The van der Waals surface area contributed by atoms with Crippen LogP contribution < -0.4 is 10.9 Å². The minimum Gasteiger partial charge on any atom is -0.273 e. The predicted molar refractivity (Wildman–Crippen MR) is 81.2 cm³/mol. The smallest absolute Gasteiger partial charge is 0.241 e. The Morgan fingerprint density at radius 2 is 1.90 bits per heavy atom. The lowest BCUT2D eigenvalue weighted by molar-refractivity contribution is -0.118. The van der Waals surface area contributed by atoms with Crippen LogP contribution in [0.5, 0.6) is 0 Å². The van der Waals surface area contributed by atoms with Gasteiger partial charge in [0.1, 0.15) is 0 Å². The van der Waals surface area contributed by atoms with Crippen molar-refractivity contribution >= 4 is 11.6 Å². The lowest BCUT2D eigenvalue weighted by Gasteiger charge is -2.18. The highest BCUT2D eigenvalue weighted by molar-refractivity contribution is 5.94. The van der Waals surface area contributed by atoms with E-state index < -0.39 is 0 Å². The minimum absolute atomic E-state index is 0.00863. The first-order chi connectivity index (χ1) is 9.66. The number of benzene rings is 2. The second-order valence-corrected chi connectivity index (χ2v) is 5.28. The molecule has 3 rings (SSSR count). The maximum Gasteiger partial charge on any atom is 0.241 e. The number of rotatable bonds is 1. The van der Waals surface area contributed by atoms with E-state index in [2.05, 4.69) is 31.2 Å². The molecule has 1 amide bonds. The topological polar surface area (TPSA) is 46.3 Å². The summed E-state index contributed by atoms with van der Waals surface area (Å²) in [4.78, 5) is 11.9. The number of carbonyl (C=O) groups excluding carboxylic acids is 1. The summed E-state index contributed by atoms with van der Waals surface area (Å²) in [5, 5.41) is 1.31. The highest BCUT2D eigenvalue weighted by atomic mass is 16.2. The van der Waals surface area contributed by atoms with E-state index in [1.807, 2.05) is 18.2 Å². The van der Waals surface area contributed by atoms with Gasteiger partial charge in [-0.15, -0.1) is 0 Å². The third kappa shape index (κ3) is 2.21. The number of anilines is 1. The van der Waals surface area contributed by atoms with E-state index >= 15 is 0 Å². The Balaban J connectivity index is 2.11. The number of amides is 1. The van der Waals surface area contributed by atoms with Crippen LogP contribution in [0, 0.1) is 6.92 Å². The van der Waals surface area contributed by atoms with Gasteiger partial charge in [-0.2, -0.15) is 0 Å². The van der Waals surface area contributed by atoms with Crippen molar-refractivity contribution < 1.29 is 4.79 Å². The average molecular weight is 266 g/mol. The molecule has 2 aromatic rings. The molecule has 3 heteroatoms. The van der Waals surface area contributed by atoms with Crippen LogP contribution in [0.3, 0.4) is 0 Å². The molecule has 0 radical (unpaired) electrons. The molecular weight excluding hydrogens is 248 g/mol. The number of hydrazine groups is 1. The molecule has 0 spiro atoms. The molecule has 2 N–H and O–H groups in total. The van der Waals surface area contributed by atoms with Crippen molar-refractivity contribution in [2.75, 3.05) is 5.01 Å². The lowest BCUT2D eigenvalue weighted by atomic mass is 9.97. The van der Waals surface area contributed by atoms with Crippen LogP contribution in [0.15, 0.2) is 42.5 Å². The van der Waals surface area contributed by atoms with Gasteiger partial charge in [0.05, 0.1) is 5.69 Å². The van der Waals surface area contributed by atoms with Gasteiger partial charge in [0, 0.05) is 6.42 Å². The van der Waals surface area contributed by atoms with Crippen molar-refractivity contribution in [3.8, 4) is 11.1 Å². The summed E-state index contributed by atoms with van der Waals surface area (Å²) in [5.41, 5.74) is 5.49. The van der Waals surface area contributed by atoms with Gasteiger partial charge >= 0.3 is 0 Å². The van der Waals surface area contributed by atoms with E-state index in [0.29, 0.717) is 6.42 Å². The first kappa shape index (κ1) is 12.9. The van der Waals surface area contributed by atoms with Gasteiger partial charge in [0.25, 0.3) is 0 Å². The fraction of sp³-hybridized carbons (Fsp3) is 0.235. The first-order valence-corrected chi connectivity index (χ1v) is 6.93. The van der Waals surface area contributed by atoms with Crippen LogP contribution in [-0.4, -0.2) is 5.91 Å². The Bertz CT molecular complexity index is 664. The molecule has 20 heavy (non-hydrogen) atoms. The van der Waals surface area contributed by atoms with Crippen molar-refractivity contribution in [1.82, 2.24) is 0 Å². The molecule has 0 fully saturated rings. The zero-order valence-corrected chi connectivity index (χ0v) is 11.6. The van der Waals surface area contributed by atoms with Crippen molar-refractivity contribution in [2.45, 2.75) is 26.2 Å². The third-order valence-corrected chi connectivity index (χ3v) is 3.91. The molecule has 1 heterocycles. The van der Waals surface area contributed by atoms with Crippen LogP contribution in [-0.2, 0) is 11.2 Å². The van der Waals surface area contributed by atoms with Crippen molar-refractivity contribution in [2.24, 2.45) is 5.84 Å². The normalized spacial score (nSPS) is 14.9. The molecule has 0 aromatic heterocycles. The highest BCUT2D eigenvalue weighted by Crippen LogP contribution is 2.31. The Morgan fingerprint density at radius 3 is 2.70 bits per heavy atom. The Morgan fingerprint density at radius 1 is 1.10 bits per heavy atom. The van der Waals surface area contributed by atoms with Gasteiger partial charge in [0.2, 0.25) is 5.91 Å². The minimum atomic E-state index is -0.00863. The van der Waals surface area contributed by atoms with Crippen LogP contribution in [0.4, 0.5) is 5.69 Å². The standard InChI is InChI=1S/C17H18N2O/c1-12-5-2-3-7-15(12)14-10-9-13-6-4-8-17(20)19(18)16(13)11-14/h2-3,5,7,9-11H,4,6,8,18H2,1H3. The van der Waals surface area contributed by atoms with E-state index in [0.717, 1.165) is 29.7 Å².